The van der Waals surface area contributed by atoms with E-state index >= 15 is 0 Å². The van der Waals surface area contributed by atoms with Gasteiger partial charge in [0.2, 0.25) is 0 Å². The third-order valence-corrected chi connectivity index (χ3v) is 4.29. The SMILES string of the molecule is CCC(CC)Cn1ccc2cccc(CNC(C)(C)C)c21. The first kappa shape index (κ1) is 16.1. The summed E-state index contributed by atoms with van der Waals surface area (Å²) in [5, 5.41) is 4.97. The molecular formula is C19H30N2. The van der Waals surface area contributed by atoms with E-state index in [0.717, 1.165) is 19.0 Å². The molecule has 0 spiro atoms. The fourth-order valence-electron chi connectivity index (χ4n) is 2.82. The van der Waals surface area contributed by atoms with E-state index in [1.54, 1.807) is 0 Å². The summed E-state index contributed by atoms with van der Waals surface area (Å²) in [5.74, 6) is 0.768. The van der Waals surface area contributed by atoms with Crippen LogP contribution in [0.2, 0.25) is 0 Å². The van der Waals surface area contributed by atoms with Crippen molar-refractivity contribution in [1.29, 1.82) is 0 Å². The standard InChI is InChI=1S/C19H30N2/c1-6-15(7-2)14-21-12-11-16-9-8-10-17(18(16)21)13-20-19(3,4)5/h8-12,15,20H,6-7,13-14H2,1-5H3. The lowest BCUT2D eigenvalue weighted by Crippen LogP contribution is -2.35. The molecule has 0 saturated carbocycles. The molecule has 2 nitrogen and oxygen atoms in total. The number of hydrogen-bond donors (Lipinski definition) is 1. The van der Waals surface area contributed by atoms with Gasteiger partial charge in [0.05, 0.1) is 5.52 Å². The van der Waals surface area contributed by atoms with Gasteiger partial charge in [0, 0.05) is 24.8 Å². The van der Waals surface area contributed by atoms with Crippen molar-refractivity contribution in [2.75, 3.05) is 0 Å². The van der Waals surface area contributed by atoms with Crippen molar-refractivity contribution >= 4 is 10.9 Å². The van der Waals surface area contributed by atoms with Crippen molar-refractivity contribution in [2.45, 2.75) is 66.1 Å². The minimum atomic E-state index is 0.148. The molecule has 21 heavy (non-hydrogen) atoms. The molecule has 2 heteroatoms. The summed E-state index contributed by atoms with van der Waals surface area (Å²) in [6, 6.07) is 8.89. The zero-order chi connectivity index (χ0) is 15.5. The number of nitrogens with one attached hydrogen (secondary N) is 1. The number of nitrogens with zero attached hydrogens (tertiary/aromatic N) is 1. The number of fused-ring (bicyclic) bond motifs is 1. The van der Waals surface area contributed by atoms with Gasteiger partial charge < -0.3 is 9.88 Å². The fourth-order valence-corrected chi connectivity index (χ4v) is 2.82. The van der Waals surface area contributed by atoms with Gasteiger partial charge in [0.25, 0.3) is 0 Å². The Morgan fingerprint density at radius 2 is 1.81 bits per heavy atom. The van der Waals surface area contributed by atoms with Crippen LogP contribution in [0.1, 0.15) is 53.0 Å². The molecule has 0 bridgehead atoms. The van der Waals surface area contributed by atoms with E-state index in [0.29, 0.717) is 0 Å². The highest BCUT2D eigenvalue weighted by Crippen LogP contribution is 2.23. The van der Waals surface area contributed by atoms with E-state index in [-0.39, 0.29) is 5.54 Å². The zero-order valence-electron chi connectivity index (χ0n) is 14.2. The van der Waals surface area contributed by atoms with Crippen molar-refractivity contribution in [1.82, 2.24) is 9.88 Å². The van der Waals surface area contributed by atoms with Crippen LogP contribution in [-0.2, 0) is 13.1 Å². The summed E-state index contributed by atoms with van der Waals surface area (Å²) in [5.41, 5.74) is 2.95. The number of rotatable bonds is 6. The maximum Gasteiger partial charge on any atom is 0.0525 e. The molecule has 0 atom stereocenters. The van der Waals surface area contributed by atoms with Crippen LogP contribution in [0.3, 0.4) is 0 Å². The quantitative estimate of drug-likeness (QED) is 0.793. The van der Waals surface area contributed by atoms with Crippen LogP contribution >= 0.6 is 0 Å². The van der Waals surface area contributed by atoms with E-state index in [1.807, 2.05) is 0 Å². The number of para-hydroxylation sites is 1. The maximum absolute atomic E-state index is 3.62. The second-order valence-electron chi connectivity index (χ2n) is 7.11. The average molecular weight is 286 g/mol. The lowest BCUT2D eigenvalue weighted by Gasteiger charge is -2.22. The summed E-state index contributed by atoms with van der Waals surface area (Å²) in [4.78, 5) is 0. The van der Waals surface area contributed by atoms with Gasteiger partial charge in [-0.3, -0.25) is 0 Å². The summed E-state index contributed by atoms with van der Waals surface area (Å²) in [6.07, 6.45) is 4.75. The van der Waals surface area contributed by atoms with Crippen molar-refractivity contribution in [3.8, 4) is 0 Å². The highest BCUT2D eigenvalue weighted by atomic mass is 15.0. The van der Waals surface area contributed by atoms with Gasteiger partial charge in [-0.25, -0.2) is 0 Å². The summed E-state index contributed by atoms with van der Waals surface area (Å²) < 4.78 is 2.45. The van der Waals surface area contributed by atoms with Crippen LogP contribution < -0.4 is 5.32 Å². The van der Waals surface area contributed by atoms with E-state index in [1.165, 1.54) is 29.3 Å². The Kier molecular flexibility index (Phi) is 5.10. The highest BCUT2D eigenvalue weighted by Gasteiger charge is 2.13. The third-order valence-electron chi connectivity index (χ3n) is 4.29. The van der Waals surface area contributed by atoms with Gasteiger partial charge in [-0.15, -0.1) is 0 Å². The first-order valence-corrected chi connectivity index (χ1v) is 8.26. The van der Waals surface area contributed by atoms with Crippen LogP contribution in [0.4, 0.5) is 0 Å². The largest absolute Gasteiger partial charge is 0.347 e. The van der Waals surface area contributed by atoms with E-state index in [9.17, 15) is 0 Å². The van der Waals surface area contributed by atoms with Gasteiger partial charge in [0.15, 0.2) is 0 Å². The van der Waals surface area contributed by atoms with Crippen molar-refractivity contribution in [3.05, 3.63) is 36.0 Å². The second kappa shape index (κ2) is 6.65. The van der Waals surface area contributed by atoms with Crippen molar-refractivity contribution in [2.24, 2.45) is 5.92 Å². The Morgan fingerprint density at radius 1 is 1.10 bits per heavy atom. The molecule has 0 fully saturated rings. The fraction of sp³-hybridized carbons (Fsp3) is 0.579. The molecule has 116 valence electrons. The van der Waals surface area contributed by atoms with Gasteiger partial charge in [-0.1, -0.05) is 44.9 Å². The molecule has 1 aromatic carbocycles. The van der Waals surface area contributed by atoms with Crippen LogP contribution in [0.5, 0.6) is 0 Å². The summed E-state index contributed by atoms with van der Waals surface area (Å²) in [6.45, 7) is 13.3. The smallest absolute Gasteiger partial charge is 0.0525 e. The number of hydrogen-bond acceptors (Lipinski definition) is 1. The van der Waals surface area contributed by atoms with Crippen molar-refractivity contribution < 1.29 is 0 Å². The predicted octanol–water partition coefficient (Wildman–Crippen LogP) is 4.97. The van der Waals surface area contributed by atoms with Gasteiger partial charge in [0.1, 0.15) is 0 Å². The topological polar surface area (TPSA) is 17.0 Å². The van der Waals surface area contributed by atoms with Gasteiger partial charge in [-0.05, 0) is 43.7 Å². The first-order chi connectivity index (χ1) is 9.94. The Balaban J connectivity index is 2.30. The van der Waals surface area contributed by atoms with E-state index in [2.05, 4.69) is 75.0 Å². The molecule has 0 unspecified atom stereocenters. The van der Waals surface area contributed by atoms with Crippen LogP contribution in [0.25, 0.3) is 10.9 Å². The van der Waals surface area contributed by atoms with Gasteiger partial charge >= 0.3 is 0 Å². The molecule has 0 aliphatic heterocycles. The average Bonchev–Trinajstić information content (AvgIpc) is 2.85. The number of benzene rings is 1. The molecule has 2 aromatic rings. The van der Waals surface area contributed by atoms with Crippen LogP contribution in [0, 0.1) is 5.92 Å². The zero-order valence-corrected chi connectivity index (χ0v) is 14.2. The molecule has 0 amide bonds. The molecule has 2 rings (SSSR count). The summed E-state index contributed by atoms with van der Waals surface area (Å²) in [7, 11) is 0. The summed E-state index contributed by atoms with van der Waals surface area (Å²) >= 11 is 0. The van der Waals surface area contributed by atoms with E-state index in [4.69, 9.17) is 0 Å². The Hall–Kier alpha value is -1.28. The Labute approximate surface area is 129 Å². The lowest BCUT2D eigenvalue weighted by atomic mass is 10.0. The maximum atomic E-state index is 3.62. The van der Waals surface area contributed by atoms with Crippen LogP contribution in [-0.4, -0.2) is 10.1 Å². The molecule has 1 heterocycles. The second-order valence-corrected chi connectivity index (χ2v) is 7.11. The Morgan fingerprint density at radius 3 is 2.43 bits per heavy atom. The first-order valence-electron chi connectivity index (χ1n) is 8.26. The lowest BCUT2D eigenvalue weighted by molar-refractivity contribution is 0.418. The molecule has 0 aliphatic carbocycles. The molecule has 0 saturated heterocycles. The third kappa shape index (κ3) is 4.10. The van der Waals surface area contributed by atoms with Crippen LogP contribution in [0.15, 0.2) is 30.5 Å². The normalized spacial score (nSPS) is 12.5. The molecule has 0 aliphatic rings. The molecular weight excluding hydrogens is 256 g/mol. The molecule has 1 N–H and O–H groups in total. The van der Waals surface area contributed by atoms with E-state index < -0.39 is 0 Å². The van der Waals surface area contributed by atoms with Gasteiger partial charge in [-0.2, -0.15) is 0 Å². The molecule has 1 aromatic heterocycles. The monoisotopic (exact) mass is 286 g/mol. The van der Waals surface area contributed by atoms with Crippen molar-refractivity contribution in [3.63, 3.8) is 0 Å². The molecule has 0 radical (unpaired) electrons. The minimum absolute atomic E-state index is 0.148. The predicted molar refractivity (Wildman–Crippen MR) is 92.6 cm³/mol. The minimum Gasteiger partial charge on any atom is -0.347 e. The highest BCUT2D eigenvalue weighted by molar-refractivity contribution is 5.83. The Bertz CT molecular complexity index is 571. The number of aromatic nitrogens is 1.